The molecule has 0 radical (unpaired) electrons. The van der Waals surface area contributed by atoms with E-state index < -0.39 is 0 Å². The fourth-order valence-electron chi connectivity index (χ4n) is 1.09. The first kappa shape index (κ1) is 15.4. The van der Waals surface area contributed by atoms with E-state index in [4.69, 9.17) is 0 Å². The van der Waals surface area contributed by atoms with Crippen LogP contribution >= 0.6 is 0 Å². The van der Waals surface area contributed by atoms with Gasteiger partial charge >= 0.3 is 0 Å². The zero-order valence-electron chi connectivity index (χ0n) is 10.6. The van der Waals surface area contributed by atoms with Crippen LogP contribution in [0.1, 0.15) is 53.9 Å². The van der Waals surface area contributed by atoms with Gasteiger partial charge in [0.2, 0.25) is 0 Å². The highest BCUT2D eigenvalue weighted by Crippen LogP contribution is 2.06. The molecule has 0 fully saturated rings. The minimum absolute atomic E-state index is 0.877. The van der Waals surface area contributed by atoms with E-state index in [0.717, 1.165) is 5.92 Å². The zero-order valence-corrected chi connectivity index (χ0v) is 10.6. The lowest BCUT2D eigenvalue weighted by molar-refractivity contribution is 0.337. The first-order chi connectivity index (χ1) is 6.16. The van der Waals surface area contributed by atoms with Crippen LogP contribution in [0, 0.1) is 5.92 Å². The van der Waals surface area contributed by atoms with Gasteiger partial charge in [-0.2, -0.15) is 0 Å². The minimum atomic E-state index is 0.877. The number of unbranched alkanes of at least 4 members (excludes halogenated alkanes) is 1. The van der Waals surface area contributed by atoms with Crippen molar-refractivity contribution < 1.29 is 0 Å². The first-order valence-corrected chi connectivity index (χ1v) is 5.85. The molecule has 13 heavy (non-hydrogen) atoms. The van der Waals surface area contributed by atoms with Gasteiger partial charge < -0.3 is 4.90 Å². The highest BCUT2D eigenvalue weighted by Gasteiger charge is 1.96. The summed E-state index contributed by atoms with van der Waals surface area (Å²) in [5, 5.41) is 0. The van der Waals surface area contributed by atoms with Crippen LogP contribution in [-0.2, 0) is 0 Å². The SMILES string of the molecule is CC.CCN(C)CCCCC(C)C. The van der Waals surface area contributed by atoms with Crippen molar-refractivity contribution in [2.24, 2.45) is 5.92 Å². The standard InChI is InChI=1S/C10H23N.C2H6/c1-5-11(4)9-7-6-8-10(2)3;1-2/h10H,5-9H2,1-4H3;1-2H3. The average molecular weight is 187 g/mol. The molecule has 0 aromatic carbocycles. The van der Waals surface area contributed by atoms with Crippen LogP contribution in [0.15, 0.2) is 0 Å². The van der Waals surface area contributed by atoms with Crippen LogP contribution in [-0.4, -0.2) is 25.0 Å². The van der Waals surface area contributed by atoms with Crippen LogP contribution < -0.4 is 0 Å². The van der Waals surface area contributed by atoms with E-state index in [1.54, 1.807) is 0 Å². The van der Waals surface area contributed by atoms with Crippen molar-refractivity contribution in [1.29, 1.82) is 0 Å². The second kappa shape index (κ2) is 12.0. The molecule has 0 aliphatic heterocycles. The summed E-state index contributed by atoms with van der Waals surface area (Å²) in [5.41, 5.74) is 0. The minimum Gasteiger partial charge on any atom is -0.307 e. The van der Waals surface area contributed by atoms with E-state index in [9.17, 15) is 0 Å². The summed E-state index contributed by atoms with van der Waals surface area (Å²) in [4.78, 5) is 2.38. The maximum absolute atomic E-state index is 2.38. The van der Waals surface area contributed by atoms with Gasteiger partial charge in [-0.3, -0.25) is 0 Å². The Morgan fingerprint density at radius 3 is 2.00 bits per heavy atom. The monoisotopic (exact) mass is 187 g/mol. The summed E-state index contributed by atoms with van der Waals surface area (Å²) in [5.74, 6) is 0.877. The summed E-state index contributed by atoms with van der Waals surface area (Å²) in [7, 11) is 2.19. The molecule has 0 spiro atoms. The Hall–Kier alpha value is -0.0400. The van der Waals surface area contributed by atoms with Crippen LogP contribution in [0.5, 0.6) is 0 Å². The molecule has 0 rings (SSSR count). The molecule has 0 heterocycles. The Balaban J connectivity index is 0. The van der Waals surface area contributed by atoms with Gasteiger partial charge in [-0.15, -0.1) is 0 Å². The van der Waals surface area contributed by atoms with Gasteiger partial charge in [0.15, 0.2) is 0 Å². The number of rotatable bonds is 6. The van der Waals surface area contributed by atoms with E-state index in [1.807, 2.05) is 13.8 Å². The molecular formula is C12H29N. The summed E-state index contributed by atoms with van der Waals surface area (Å²) in [6.45, 7) is 13.3. The van der Waals surface area contributed by atoms with Crippen molar-refractivity contribution in [3.05, 3.63) is 0 Å². The zero-order chi connectivity index (χ0) is 10.7. The molecule has 0 unspecified atom stereocenters. The van der Waals surface area contributed by atoms with E-state index in [0.29, 0.717) is 0 Å². The quantitative estimate of drug-likeness (QED) is 0.572. The van der Waals surface area contributed by atoms with Crippen LogP contribution in [0.4, 0.5) is 0 Å². The van der Waals surface area contributed by atoms with Crippen LogP contribution in [0.2, 0.25) is 0 Å². The third-order valence-corrected chi connectivity index (χ3v) is 2.11. The molecule has 0 saturated carbocycles. The second-order valence-corrected chi connectivity index (χ2v) is 3.79. The largest absolute Gasteiger partial charge is 0.307 e. The summed E-state index contributed by atoms with van der Waals surface area (Å²) in [6.07, 6.45) is 4.14. The van der Waals surface area contributed by atoms with Crippen molar-refractivity contribution in [1.82, 2.24) is 4.90 Å². The highest BCUT2D eigenvalue weighted by molar-refractivity contribution is 4.50. The normalized spacial score (nSPS) is 10.2. The molecule has 82 valence electrons. The maximum atomic E-state index is 2.38. The predicted molar refractivity (Wildman–Crippen MR) is 63.2 cm³/mol. The van der Waals surface area contributed by atoms with Crippen molar-refractivity contribution in [2.45, 2.75) is 53.9 Å². The third-order valence-electron chi connectivity index (χ3n) is 2.11. The number of hydrogen-bond donors (Lipinski definition) is 0. The molecule has 1 heteroatoms. The topological polar surface area (TPSA) is 3.24 Å². The van der Waals surface area contributed by atoms with Gasteiger partial charge in [0.1, 0.15) is 0 Å². The average Bonchev–Trinajstić information content (AvgIpc) is 2.15. The van der Waals surface area contributed by atoms with Gasteiger partial charge in [-0.25, -0.2) is 0 Å². The number of hydrogen-bond acceptors (Lipinski definition) is 1. The molecule has 0 amide bonds. The lowest BCUT2D eigenvalue weighted by Gasteiger charge is -2.13. The summed E-state index contributed by atoms with van der Waals surface area (Å²) in [6, 6.07) is 0. The van der Waals surface area contributed by atoms with E-state index >= 15 is 0 Å². The Morgan fingerprint density at radius 1 is 1.08 bits per heavy atom. The molecule has 0 N–H and O–H groups in total. The molecule has 0 aromatic rings. The molecule has 0 aliphatic carbocycles. The summed E-state index contributed by atoms with van der Waals surface area (Å²) >= 11 is 0. The van der Waals surface area contributed by atoms with Crippen molar-refractivity contribution >= 4 is 0 Å². The van der Waals surface area contributed by atoms with E-state index in [-0.39, 0.29) is 0 Å². The van der Waals surface area contributed by atoms with Gasteiger partial charge in [-0.1, -0.05) is 47.5 Å². The van der Waals surface area contributed by atoms with Gasteiger partial charge in [0.05, 0.1) is 0 Å². The Labute approximate surface area is 85.5 Å². The summed E-state index contributed by atoms with van der Waals surface area (Å²) < 4.78 is 0. The Bertz CT molecular complexity index is 79.2. The Morgan fingerprint density at radius 2 is 1.62 bits per heavy atom. The fraction of sp³-hybridized carbons (Fsp3) is 1.00. The fourth-order valence-corrected chi connectivity index (χ4v) is 1.09. The maximum Gasteiger partial charge on any atom is -0.00219 e. The van der Waals surface area contributed by atoms with Crippen molar-refractivity contribution in [2.75, 3.05) is 20.1 Å². The van der Waals surface area contributed by atoms with Gasteiger partial charge in [0.25, 0.3) is 0 Å². The van der Waals surface area contributed by atoms with Crippen LogP contribution in [0.3, 0.4) is 0 Å². The van der Waals surface area contributed by atoms with Crippen molar-refractivity contribution in [3.63, 3.8) is 0 Å². The van der Waals surface area contributed by atoms with Gasteiger partial charge in [0, 0.05) is 0 Å². The first-order valence-electron chi connectivity index (χ1n) is 5.85. The van der Waals surface area contributed by atoms with Crippen molar-refractivity contribution in [3.8, 4) is 0 Å². The molecule has 0 saturated heterocycles. The Kier molecular flexibility index (Phi) is 14.2. The number of nitrogens with zero attached hydrogens (tertiary/aromatic N) is 1. The van der Waals surface area contributed by atoms with E-state index in [2.05, 4.69) is 32.7 Å². The second-order valence-electron chi connectivity index (χ2n) is 3.79. The smallest absolute Gasteiger partial charge is 0.00219 e. The van der Waals surface area contributed by atoms with Gasteiger partial charge in [-0.05, 0) is 32.5 Å². The molecule has 0 aliphatic rings. The van der Waals surface area contributed by atoms with Crippen LogP contribution in [0.25, 0.3) is 0 Å². The molecule has 1 nitrogen and oxygen atoms in total. The predicted octanol–water partition coefficient (Wildman–Crippen LogP) is 3.79. The third kappa shape index (κ3) is 14.8. The molecule has 0 atom stereocenters. The molecule has 0 bridgehead atoms. The molecular weight excluding hydrogens is 158 g/mol. The molecule has 0 aromatic heterocycles. The highest BCUT2D eigenvalue weighted by atomic mass is 15.1. The lowest BCUT2D eigenvalue weighted by Crippen LogP contribution is -2.18. The van der Waals surface area contributed by atoms with E-state index in [1.165, 1.54) is 32.4 Å². The lowest BCUT2D eigenvalue weighted by atomic mass is 10.1.